The molecule has 0 amide bonds. The SMILES string of the molecule is O=C1OCC(COc2ccccc2)Sc2ccccc21. The molecule has 0 N–H and O–H groups in total. The van der Waals surface area contributed by atoms with Gasteiger partial charge < -0.3 is 9.47 Å². The van der Waals surface area contributed by atoms with E-state index in [9.17, 15) is 4.79 Å². The second-order valence-corrected chi connectivity index (χ2v) is 5.80. The number of ether oxygens (including phenoxy) is 2. The van der Waals surface area contributed by atoms with E-state index in [0.29, 0.717) is 18.8 Å². The first-order valence-corrected chi connectivity index (χ1v) is 7.31. The van der Waals surface area contributed by atoms with Gasteiger partial charge in [0.1, 0.15) is 19.0 Å². The summed E-state index contributed by atoms with van der Waals surface area (Å²) in [5.74, 6) is 0.576. The number of carbonyl (C=O) groups excluding carboxylic acids is 1. The van der Waals surface area contributed by atoms with Gasteiger partial charge in [-0.15, -0.1) is 11.8 Å². The topological polar surface area (TPSA) is 35.5 Å². The van der Waals surface area contributed by atoms with Crippen molar-refractivity contribution in [1.82, 2.24) is 0 Å². The van der Waals surface area contributed by atoms with Crippen LogP contribution in [-0.4, -0.2) is 24.4 Å². The van der Waals surface area contributed by atoms with Crippen LogP contribution in [0.3, 0.4) is 0 Å². The summed E-state index contributed by atoms with van der Waals surface area (Å²) in [5, 5.41) is 0.0998. The molecule has 1 heterocycles. The minimum Gasteiger partial charge on any atom is -0.492 e. The molecule has 0 bridgehead atoms. The van der Waals surface area contributed by atoms with Gasteiger partial charge in [-0.1, -0.05) is 30.3 Å². The quantitative estimate of drug-likeness (QED) is 0.810. The second kappa shape index (κ2) is 6.01. The van der Waals surface area contributed by atoms with Gasteiger partial charge in [0.15, 0.2) is 0 Å². The number of thioether (sulfide) groups is 1. The summed E-state index contributed by atoms with van der Waals surface area (Å²) in [6, 6.07) is 17.2. The van der Waals surface area contributed by atoms with Crippen molar-refractivity contribution in [3.63, 3.8) is 0 Å². The van der Waals surface area contributed by atoms with Crippen molar-refractivity contribution in [2.24, 2.45) is 0 Å². The first-order valence-electron chi connectivity index (χ1n) is 6.43. The zero-order valence-electron chi connectivity index (χ0n) is 10.8. The summed E-state index contributed by atoms with van der Waals surface area (Å²) in [7, 11) is 0. The number of hydrogen-bond acceptors (Lipinski definition) is 4. The van der Waals surface area contributed by atoms with E-state index in [-0.39, 0.29) is 11.2 Å². The third-order valence-corrected chi connectivity index (χ3v) is 4.20. The molecule has 0 radical (unpaired) electrons. The van der Waals surface area contributed by atoms with E-state index in [1.54, 1.807) is 17.8 Å². The van der Waals surface area contributed by atoms with Crippen molar-refractivity contribution in [3.05, 3.63) is 60.2 Å². The van der Waals surface area contributed by atoms with Gasteiger partial charge in [0.05, 0.1) is 10.8 Å². The van der Waals surface area contributed by atoms with Crippen molar-refractivity contribution in [2.75, 3.05) is 13.2 Å². The van der Waals surface area contributed by atoms with Crippen molar-refractivity contribution < 1.29 is 14.3 Å². The molecule has 20 heavy (non-hydrogen) atoms. The van der Waals surface area contributed by atoms with Gasteiger partial charge in [-0.05, 0) is 24.3 Å². The molecular weight excluding hydrogens is 272 g/mol. The van der Waals surface area contributed by atoms with Crippen molar-refractivity contribution in [2.45, 2.75) is 10.1 Å². The van der Waals surface area contributed by atoms with Crippen LogP contribution in [0.4, 0.5) is 0 Å². The molecule has 3 rings (SSSR count). The lowest BCUT2D eigenvalue weighted by Gasteiger charge is -2.14. The van der Waals surface area contributed by atoms with Crippen LogP contribution in [0.25, 0.3) is 0 Å². The number of para-hydroxylation sites is 1. The van der Waals surface area contributed by atoms with Gasteiger partial charge in [0.2, 0.25) is 0 Å². The predicted molar refractivity (Wildman–Crippen MR) is 78.3 cm³/mol. The molecule has 0 saturated heterocycles. The fraction of sp³-hybridized carbons (Fsp3) is 0.188. The van der Waals surface area contributed by atoms with E-state index in [2.05, 4.69) is 0 Å². The van der Waals surface area contributed by atoms with Crippen LogP contribution in [0, 0.1) is 0 Å². The largest absolute Gasteiger partial charge is 0.492 e. The van der Waals surface area contributed by atoms with Crippen molar-refractivity contribution in [1.29, 1.82) is 0 Å². The molecule has 1 unspecified atom stereocenters. The van der Waals surface area contributed by atoms with Gasteiger partial charge in [0.25, 0.3) is 0 Å². The van der Waals surface area contributed by atoms with E-state index in [0.717, 1.165) is 10.6 Å². The minimum absolute atomic E-state index is 0.0998. The third-order valence-electron chi connectivity index (χ3n) is 2.98. The van der Waals surface area contributed by atoms with Gasteiger partial charge in [-0.3, -0.25) is 0 Å². The van der Waals surface area contributed by atoms with Crippen molar-refractivity contribution in [3.8, 4) is 5.75 Å². The van der Waals surface area contributed by atoms with Crippen LogP contribution in [0.15, 0.2) is 59.5 Å². The number of fused-ring (bicyclic) bond motifs is 1. The second-order valence-electron chi connectivity index (χ2n) is 4.46. The van der Waals surface area contributed by atoms with Crippen LogP contribution >= 0.6 is 11.8 Å². The Balaban J connectivity index is 1.69. The highest BCUT2D eigenvalue weighted by Crippen LogP contribution is 2.31. The molecule has 2 aromatic rings. The molecule has 4 heteroatoms. The first kappa shape index (κ1) is 13.1. The third kappa shape index (κ3) is 2.96. The number of esters is 1. The Morgan fingerprint density at radius 3 is 2.70 bits per heavy atom. The maximum Gasteiger partial charge on any atom is 0.339 e. The lowest BCUT2D eigenvalue weighted by molar-refractivity contribution is 0.0495. The Bertz CT molecular complexity index is 598. The van der Waals surface area contributed by atoms with Crippen LogP contribution in [0.1, 0.15) is 10.4 Å². The Morgan fingerprint density at radius 2 is 1.85 bits per heavy atom. The Morgan fingerprint density at radius 1 is 1.10 bits per heavy atom. The summed E-state index contributed by atoms with van der Waals surface area (Å²) in [6.07, 6.45) is 0. The van der Waals surface area contributed by atoms with Gasteiger partial charge in [-0.2, -0.15) is 0 Å². The van der Waals surface area contributed by atoms with Crippen molar-refractivity contribution >= 4 is 17.7 Å². The summed E-state index contributed by atoms with van der Waals surface area (Å²) in [4.78, 5) is 12.8. The molecule has 0 fully saturated rings. The summed E-state index contributed by atoms with van der Waals surface area (Å²) >= 11 is 1.63. The van der Waals surface area contributed by atoms with E-state index < -0.39 is 0 Å². The van der Waals surface area contributed by atoms with Crippen LogP contribution in [0.5, 0.6) is 5.75 Å². The number of rotatable bonds is 3. The molecule has 0 saturated carbocycles. The van der Waals surface area contributed by atoms with Crippen LogP contribution in [0.2, 0.25) is 0 Å². The molecule has 102 valence electrons. The number of cyclic esters (lactones) is 1. The maximum atomic E-state index is 11.8. The average molecular weight is 286 g/mol. The lowest BCUT2D eigenvalue weighted by Crippen LogP contribution is -2.20. The van der Waals surface area contributed by atoms with Crippen LogP contribution < -0.4 is 4.74 Å². The van der Waals surface area contributed by atoms with Gasteiger partial charge >= 0.3 is 5.97 Å². The van der Waals surface area contributed by atoms with Gasteiger partial charge in [0, 0.05) is 4.90 Å². The number of benzene rings is 2. The molecule has 0 spiro atoms. The average Bonchev–Trinajstić information content (AvgIpc) is 2.66. The number of carbonyl (C=O) groups is 1. The van der Waals surface area contributed by atoms with Gasteiger partial charge in [-0.25, -0.2) is 4.79 Å². The highest BCUT2D eigenvalue weighted by molar-refractivity contribution is 8.00. The summed E-state index contributed by atoms with van der Waals surface area (Å²) < 4.78 is 11.0. The Hall–Kier alpha value is -1.94. The number of hydrogen-bond donors (Lipinski definition) is 0. The predicted octanol–water partition coefficient (Wildman–Crippen LogP) is 3.40. The smallest absolute Gasteiger partial charge is 0.339 e. The molecule has 1 aliphatic heterocycles. The molecule has 0 aromatic heterocycles. The standard InChI is InChI=1S/C16H14O3S/c17-16-14-8-4-5-9-15(14)20-13(11-19-16)10-18-12-6-2-1-3-7-12/h1-9,13H,10-11H2. The zero-order valence-corrected chi connectivity index (χ0v) is 11.6. The molecular formula is C16H14O3S. The monoisotopic (exact) mass is 286 g/mol. The molecule has 2 aromatic carbocycles. The van der Waals surface area contributed by atoms with Crippen LogP contribution in [-0.2, 0) is 4.74 Å². The highest BCUT2D eigenvalue weighted by atomic mass is 32.2. The summed E-state index contributed by atoms with van der Waals surface area (Å²) in [5.41, 5.74) is 0.639. The molecule has 0 aliphatic carbocycles. The zero-order chi connectivity index (χ0) is 13.8. The lowest BCUT2D eigenvalue weighted by atomic mass is 10.2. The van der Waals surface area contributed by atoms with E-state index in [4.69, 9.17) is 9.47 Å². The fourth-order valence-corrected chi connectivity index (χ4v) is 3.05. The van der Waals surface area contributed by atoms with E-state index >= 15 is 0 Å². The molecule has 1 aliphatic rings. The Kier molecular flexibility index (Phi) is 3.92. The fourth-order valence-electron chi connectivity index (χ4n) is 1.99. The summed E-state index contributed by atoms with van der Waals surface area (Å²) in [6.45, 7) is 0.876. The van der Waals surface area contributed by atoms with E-state index in [1.165, 1.54) is 0 Å². The molecule has 1 atom stereocenters. The first-order chi connectivity index (χ1) is 9.83. The molecule has 3 nitrogen and oxygen atoms in total. The van der Waals surface area contributed by atoms with E-state index in [1.807, 2.05) is 48.5 Å². The maximum absolute atomic E-state index is 11.8. The highest BCUT2D eigenvalue weighted by Gasteiger charge is 2.23. The Labute approximate surface area is 121 Å². The minimum atomic E-state index is -0.254. The normalized spacial score (nSPS) is 17.8.